The fourth-order valence-corrected chi connectivity index (χ4v) is 8.97. The lowest BCUT2D eigenvalue weighted by atomic mass is 9.78. The number of hydrogen-bond acceptors (Lipinski definition) is 7. The van der Waals surface area contributed by atoms with Gasteiger partial charge in [0.15, 0.2) is 11.4 Å². The number of fused-ring (bicyclic) bond motifs is 1. The summed E-state index contributed by atoms with van der Waals surface area (Å²) < 4.78 is 43.0. The molecule has 0 aliphatic carbocycles. The number of hydrogen-bond donors (Lipinski definition) is 4. The zero-order valence-corrected chi connectivity index (χ0v) is 27.2. The van der Waals surface area contributed by atoms with E-state index in [1.807, 2.05) is 29.3 Å². The summed E-state index contributed by atoms with van der Waals surface area (Å²) >= 11 is 3.25. The molecular weight excluding hydrogens is 650 g/mol. The maximum absolute atomic E-state index is 15.2. The lowest BCUT2D eigenvalue weighted by molar-refractivity contribution is -0.126. The molecule has 6 rings (SSSR count). The summed E-state index contributed by atoms with van der Waals surface area (Å²) in [4.78, 5) is 39.0. The number of carbonyl (C=O) groups is 3. The average Bonchev–Trinajstić information content (AvgIpc) is 3.83. The Balaban J connectivity index is 1.10. The third-order valence-corrected chi connectivity index (χ3v) is 11.3. The molecule has 2 fully saturated rings. The number of thiophene rings is 1. The molecule has 9 nitrogen and oxygen atoms in total. The minimum atomic E-state index is -1.51. The first-order valence-electron chi connectivity index (χ1n) is 15.5. The fraction of sp³-hybridized carbons (Fsp3) is 0.394. The van der Waals surface area contributed by atoms with Crippen molar-refractivity contribution in [1.82, 2.24) is 21.3 Å². The molecule has 0 bridgehead atoms. The van der Waals surface area contributed by atoms with Gasteiger partial charge in [-0.1, -0.05) is 24.6 Å². The van der Waals surface area contributed by atoms with Crippen LogP contribution < -0.4 is 26.3 Å². The van der Waals surface area contributed by atoms with Crippen LogP contribution in [0, 0.1) is 17.5 Å². The SMILES string of the molecule is CC1(C(=O)NCCNC(=O)CCCCC2SC[C@@H]3NC(=O)N[C@H]23)C(c2cccs2)C(c2ccc(F)cc2)=NN1c1ccc(F)cc1F. The van der Waals surface area contributed by atoms with Crippen LogP contribution in [0.5, 0.6) is 0 Å². The number of amides is 4. The smallest absolute Gasteiger partial charge is 0.315 e. The zero-order chi connectivity index (χ0) is 33.1. The monoisotopic (exact) mass is 684 g/mol. The minimum Gasteiger partial charge on any atom is -0.354 e. The van der Waals surface area contributed by atoms with Crippen LogP contribution in [0.2, 0.25) is 0 Å². The number of unbranched alkanes of at least 4 members (excludes halogenated alkanes) is 1. The molecular formula is C33H35F3N6O3S2. The molecule has 3 aliphatic rings. The molecule has 2 saturated heterocycles. The van der Waals surface area contributed by atoms with Crippen LogP contribution in [-0.4, -0.2) is 65.3 Å². The van der Waals surface area contributed by atoms with Gasteiger partial charge >= 0.3 is 6.03 Å². The van der Waals surface area contributed by atoms with Crippen molar-refractivity contribution in [3.63, 3.8) is 0 Å². The minimum absolute atomic E-state index is 0.0888. The van der Waals surface area contributed by atoms with E-state index >= 15 is 4.39 Å². The number of benzene rings is 2. The maximum Gasteiger partial charge on any atom is 0.315 e. The van der Waals surface area contributed by atoms with Gasteiger partial charge in [0.2, 0.25) is 11.8 Å². The van der Waals surface area contributed by atoms with Gasteiger partial charge in [0.05, 0.1) is 29.4 Å². The molecule has 0 saturated carbocycles. The van der Waals surface area contributed by atoms with Crippen LogP contribution in [0.4, 0.5) is 23.7 Å². The second-order valence-corrected chi connectivity index (χ2v) is 14.2. The first-order chi connectivity index (χ1) is 22.6. The summed E-state index contributed by atoms with van der Waals surface area (Å²) in [6, 6.07) is 12.7. The normalized spacial score (nSPS) is 24.8. The van der Waals surface area contributed by atoms with Crippen molar-refractivity contribution in [2.24, 2.45) is 5.10 Å². The van der Waals surface area contributed by atoms with E-state index < -0.39 is 34.8 Å². The molecule has 2 aromatic carbocycles. The van der Waals surface area contributed by atoms with E-state index in [1.165, 1.54) is 34.5 Å². The van der Waals surface area contributed by atoms with Gasteiger partial charge in [-0.2, -0.15) is 16.9 Å². The largest absolute Gasteiger partial charge is 0.354 e. The number of anilines is 1. The Labute approximate surface area is 278 Å². The predicted molar refractivity (Wildman–Crippen MR) is 177 cm³/mol. The molecule has 248 valence electrons. The van der Waals surface area contributed by atoms with E-state index in [9.17, 15) is 23.2 Å². The van der Waals surface area contributed by atoms with Crippen molar-refractivity contribution in [2.75, 3.05) is 23.9 Å². The summed E-state index contributed by atoms with van der Waals surface area (Å²) in [7, 11) is 0. The Kier molecular flexibility index (Phi) is 9.78. The van der Waals surface area contributed by atoms with Gasteiger partial charge in [0.25, 0.3) is 0 Å². The third-order valence-electron chi connectivity index (χ3n) is 8.86. The number of carbonyl (C=O) groups excluding carboxylic acids is 3. The molecule has 1 aromatic heterocycles. The standard InChI is InChI=1S/C33H35F3N6O3S2/c1-33(31(44)38-15-14-37-27(43)7-3-2-5-26-30-23(18-47-26)39-32(45)40-30)28(25-6-4-16-46-25)29(19-8-10-20(34)11-9-19)41-42(33)24-13-12-21(35)17-22(24)36/h4,6,8-13,16-17,23,26,28,30H,2-3,5,7,14-15,18H2,1H3,(H,37,43)(H,38,44)(H2,39,40,45)/t23-,26?,28?,30-,33?/m0/s1. The number of nitrogens with one attached hydrogen (secondary N) is 4. The Morgan fingerprint density at radius 1 is 1.02 bits per heavy atom. The highest BCUT2D eigenvalue weighted by Crippen LogP contribution is 2.46. The van der Waals surface area contributed by atoms with Crippen molar-refractivity contribution in [3.8, 4) is 0 Å². The zero-order valence-electron chi connectivity index (χ0n) is 25.6. The molecule has 3 unspecified atom stereocenters. The van der Waals surface area contributed by atoms with Gasteiger partial charge in [-0.3, -0.25) is 9.59 Å². The van der Waals surface area contributed by atoms with E-state index in [0.717, 1.165) is 35.6 Å². The van der Waals surface area contributed by atoms with Gasteiger partial charge in [0, 0.05) is 41.5 Å². The Morgan fingerprint density at radius 3 is 2.53 bits per heavy atom. The molecule has 3 aliphatic heterocycles. The van der Waals surface area contributed by atoms with Crippen LogP contribution in [0.25, 0.3) is 0 Å². The van der Waals surface area contributed by atoms with Crippen LogP contribution in [0.3, 0.4) is 0 Å². The van der Waals surface area contributed by atoms with Crippen molar-refractivity contribution >= 4 is 52.3 Å². The van der Waals surface area contributed by atoms with Crippen molar-refractivity contribution in [2.45, 2.75) is 61.4 Å². The molecule has 47 heavy (non-hydrogen) atoms. The van der Waals surface area contributed by atoms with E-state index in [1.54, 1.807) is 19.1 Å². The second kappa shape index (κ2) is 14.0. The molecule has 0 radical (unpaired) electrons. The molecule has 4 amide bonds. The summed E-state index contributed by atoms with van der Waals surface area (Å²) in [5.41, 5.74) is -0.616. The van der Waals surface area contributed by atoms with Crippen LogP contribution in [0.15, 0.2) is 65.1 Å². The van der Waals surface area contributed by atoms with Gasteiger partial charge in [0.1, 0.15) is 11.6 Å². The number of halogens is 3. The Morgan fingerprint density at radius 2 is 1.79 bits per heavy atom. The van der Waals surface area contributed by atoms with Gasteiger partial charge in [-0.05, 0) is 61.0 Å². The third kappa shape index (κ3) is 6.84. The molecule has 14 heteroatoms. The lowest BCUT2D eigenvalue weighted by Gasteiger charge is -2.37. The average molecular weight is 685 g/mol. The first kappa shape index (κ1) is 32.9. The van der Waals surface area contributed by atoms with Crippen molar-refractivity contribution in [3.05, 3.63) is 87.9 Å². The van der Waals surface area contributed by atoms with Crippen LogP contribution in [-0.2, 0) is 9.59 Å². The number of urea groups is 1. The topological polar surface area (TPSA) is 115 Å². The summed E-state index contributed by atoms with van der Waals surface area (Å²) in [5, 5.41) is 19.8. The number of rotatable bonds is 12. The highest BCUT2D eigenvalue weighted by atomic mass is 32.2. The Hall–Kier alpha value is -4.04. The van der Waals surface area contributed by atoms with Crippen LogP contribution in [0.1, 0.15) is 49.0 Å². The lowest BCUT2D eigenvalue weighted by Crippen LogP contribution is -2.57. The molecule has 4 heterocycles. The van der Waals surface area contributed by atoms with E-state index in [4.69, 9.17) is 5.10 Å². The molecule has 5 atom stereocenters. The number of nitrogens with zero attached hydrogens (tertiary/aromatic N) is 2. The molecule has 4 N–H and O–H groups in total. The van der Waals surface area contributed by atoms with Crippen LogP contribution >= 0.6 is 23.1 Å². The van der Waals surface area contributed by atoms with E-state index in [-0.39, 0.29) is 42.8 Å². The molecule has 3 aromatic rings. The second-order valence-electron chi connectivity index (χ2n) is 12.0. The van der Waals surface area contributed by atoms with Gasteiger partial charge in [-0.25, -0.2) is 23.0 Å². The highest BCUT2D eigenvalue weighted by Gasteiger charge is 2.55. The van der Waals surface area contributed by atoms with E-state index in [0.29, 0.717) is 29.4 Å². The predicted octanol–water partition coefficient (Wildman–Crippen LogP) is 4.89. The number of thioether (sulfide) groups is 1. The quantitative estimate of drug-likeness (QED) is 0.160. The summed E-state index contributed by atoms with van der Waals surface area (Å²) in [6.07, 6.45) is 2.81. The van der Waals surface area contributed by atoms with Gasteiger partial charge < -0.3 is 21.3 Å². The van der Waals surface area contributed by atoms with Crippen molar-refractivity contribution in [1.29, 1.82) is 0 Å². The Bertz CT molecular complexity index is 1660. The number of hydrazone groups is 1. The summed E-state index contributed by atoms with van der Waals surface area (Å²) in [5.74, 6) is -2.50. The first-order valence-corrected chi connectivity index (χ1v) is 17.4. The van der Waals surface area contributed by atoms with Crippen molar-refractivity contribution < 1.29 is 27.6 Å². The van der Waals surface area contributed by atoms with E-state index in [2.05, 4.69) is 21.3 Å². The fourth-order valence-electron chi connectivity index (χ4n) is 6.47. The summed E-state index contributed by atoms with van der Waals surface area (Å²) in [6.45, 7) is 1.93. The molecule has 0 spiro atoms. The van der Waals surface area contributed by atoms with Gasteiger partial charge in [-0.15, -0.1) is 11.3 Å². The highest BCUT2D eigenvalue weighted by molar-refractivity contribution is 8.00. The maximum atomic E-state index is 15.2.